The van der Waals surface area contributed by atoms with Crippen molar-refractivity contribution in [2.24, 2.45) is 0 Å². The van der Waals surface area contributed by atoms with Crippen LogP contribution in [-0.2, 0) is 4.79 Å². The first kappa shape index (κ1) is 17.8. The van der Waals surface area contributed by atoms with E-state index >= 15 is 0 Å². The van der Waals surface area contributed by atoms with Crippen molar-refractivity contribution >= 4 is 34.4 Å². The Morgan fingerprint density at radius 3 is 2.88 bits per heavy atom. The number of anilines is 1. The topological polar surface area (TPSA) is 84.0 Å². The second kappa shape index (κ2) is 8.35. The first-order valence-corrected chi connectivity index (χ1v) is 8.53. The van der Waals surface area contributed by atoms with Crippen LogP contribution in [0.15, 0.2) is 29.9 Å². The number of nitrogens with one attached hydrogen (secondary N) is 2. The van der Waals surface area contributed by atoms with Gasteiger partial charge in [-0.1, -0.05) is 13.8 Å². The molecule has 1 atom stereocenters. The van der Waals surface area contributed by atoms with Crippen molar-refractivity contribution in [2.75, 3.05) is 12.4 Å². The summed E-state index contributed by atoms with van der Waals surface area (Å²) in [5, 5.41) is 7.82. The fourth-order valence-electron chi connectivity index (χ4n) is 1.92. The third-order valence-corrected chi connectivity index (χ3v) is 4.32. The Morgan fingerprint density at radius 1 is 1.38 bits per heavy atom. The molecule has 126 valence electrons. The summed E-state index contributed by atoms with van der Waals surface area (Å²) in [5.74, 6) is -0.117. The summed E-state index contributed by atoms with van der Waals surface area (Å²) in [6.07, 6.45) is 7.07. The molecule has 2 rings (SSSR count). The van der Waals surface area contributed by atoms with E-state index < -0.39 is 0 Å². The molecule has 0 bridgehead atoms. The molecule has 2 N–H and O–H groups in total. The molecule has 0 aromatic carbocycles. The van der Waals surface area contributed by atoms with Crippen LogP contribution in [0.25, 0.3) is 6.08 Å². The average Bonchev–Trinajstić information content (AvgIpc) is 3.07. The lowest BCUT2D eigenvalue weighted by atomic mass is 10.1. The Labute approximate surface area is 145 Å². The van der Waals surface area contributed by atoms with Crippen molar-refractivity contribution in [3.05, 3.63) is 46.7 Å². The Morgan fingerprint density at radius 2 is 2.17 bits per heavy atom. The molecule has 0 saturated carbocycles. The number of thiazole rings is 1. The van der Waals surface area contributed by atoms with Gasteiger partial charge in [0.05, 0.1) is 11.3 Å². The van der Waals surface area contributed by atoms with E-state index in [0.29, 0.717) is 22.2 Å². The molecule has 0 fully saturated rings. The Hall–Kier alpha value is -2.54. The van der Waals surface area contributed by atoms with E-state index in [1.807, 2.05) is 5.38 Å². The van der Waals surface area contributed by atoms with Crippen LogP contribution in [-0.4, -0.2) is 28.8 Å². The molecule has 0 aliphatic rings. The second-order valence-corrected chi connectivity index (χ2v) is 6.15. The first-order valence-electron chi connectivity index (χ1n) is 7.65. The highest BCUT2D eigenvalue weighted by atomic mass is 32.1. The van der Waals surface area contributed by atoms with Gasteiger partial charge >= 0.3 is 0 Å². The van der Waals surface area contributed by atoms with Gasteiger partial charge in [0, 0.05) is 30.9 Å². The normalized spacial score (nSPS) is 12.1. The molecule has 7 heteroatoms. The van der Waals surface area contributed by atoms with Crippen molar-refractivity contribution in [2.45, 2.75) is 26.2 Å². The smallest absolute Gasteiger partial charge is 0.252 e. The van der Waals surface area contributed by atoms with Gasteiger partial charge in [-0.25, -0.2) is 4.98 Å². The molecule has 0 saturated heterocycles. The highest BCUT2D eigenvalue weighted by Gasteiger charge is 2.09. The summed E-state index contributed by atoms with van der Waals surface area (Å²) in [6.45, 7) is 4.21. The van der Waals surface area contributed by atoms with Crippen molar-refractivity contribution < 1.29 is 9.59 Å². The Balaban J connectivity index is 2.00. The predicted molar refractivity (Wildman–Crippen MR) is 96.1 cm³/mol. The van der Waals surface area contributed by atoms with Gasteiger partial charge in [0.1, 0.15) is 0 Å². The number of aromatic nitrogens is 2. The summed E-state index contributed by atoms with van der Waals surface area (Å²) in [5.41, 5.74) is 2.10. The quantitative estimate of drug-likeness (QED) is 0.789. The molecule has 2 aromatic heterocycles. The highest BCUT2D eigenvalue weighted by Crippen LogP contribution is 2.23. The number of hydrogen-bond donors (Lipinski definition) is 2. The van der Waals surface area contributed by atoms with E-state index in [-0.39, 0.29) is 11.8 Å². The number of rotatable bonds is 6. The molecule has 2 aromatic rings. The number of carbonyl (C=O) groups excluding carboxylic acids is 2. The molecule has 0 radical (unpaired) electrons. The largest absolute Gasteiger partial charge is 0.355 e. The van der Waals surface area contributed by atoms with Gasteiger partial charge in [-0.2, -0.15) is 0 Å². The van der Waals surface area contributed by atoms with Crippen molar-refractivity contribution in [1.29, 1.82) is 0 Å². The van der Waals surface area contributed by atoms with Crippen LogP contribution in [0, 0.1) is 0 Å². The molecule has 6 nitrogen and oxygen atoms in total. The van der Waals surface area contributed by atoms with E-state index in [2.05, 4.69) is 34.4 Å². The zero-order valence-electron chi connectivity index (χ0n) is 13.9. The summed E-state index contributed by atoms with van der Waals surface area (Å²) < 4.78 is 0. The third-order valence-electron chi connectivity index (χ3n) is 3.55. The molecule has 2 heterocycles. The summed E-state index contributed by atoms with van der Waals surface area (Å²) in [7, 11) is 1.56. The minimum absolute atomic E-state index is 0.220. The summed E-state index contributed by atoms with van der Waals surface area (Å²) in [6, 6.07) is 1.67. The van der Waals surface area contributed by atoms with Crippen LogP contribution in [0.2, 0.25) is 0 Å². The van der Waals surface area contributed by atoms with Crippen molar-refractivity contribution in [3.8, 4) is 0 Å². The van der Waals surface area contributed by atoms with Crippen LogP contribution in [0.4, 0.5) is 5.13 Å². The lowest BCUT2D eigenvalue weighted by Crippen LogP contribution is -2.17. The minimum atomic E-state index is -0.273. The minimum Gasteiger partial charge on any atom is -0.355 e. The second-order valence-electron chi connectivity index (χ2n) is 5.30. The van der Waals surface area contributed by atoms with Crippen LogP contribution in [0.3, 0.4) is 0 Å². The molecule has 24 heavy (non-hydrogen) atoms. The van der Waals surface area contributed by atoms with Gasteiger partial charge in [0.15, 0.2) is 5.13 Å². The fraction of sp³-hybridized carbons (Fsp3) is 0.294. The molecule has 0 aliphatic heterocycles. The maximum absolute atomic E-state index is 12.0. The summed E-state index contributed by atoms with van der Waals surface area (Å²) in [4.78, 5) is 31.9. The van der Waals surface area contributed by atoms with Gasteiger partial charge in [-0.05, 0) is 30.0 Å². The zero-order valence-corrected chi connectivity index (χ0v) is 14.7. The van der Waals surface area contributed by atoms with Gasteiger partial charge in [-0.15, -0.1) is 11.3 Å². The number of carbonyl (C=O) groups is 2. The van der Waals surface area contributed by atoms with Crippen LogP contribution in [0.5, 0.6) is 0 Å². The Kier molecular flexibility index (Phi) is 6.20. The lowest BCUT2D eigenvalue weighted by molar-refractivity contribution is -0.111. The van der Waals surface area contributed by atoms with E-state index in [9.17, 15) is 9.59 Å². The third kappa shape index (κ3) is 4.73. The predicted octanol–water partition coefficient (Wildman–Crippen LogP) is 3.06. The fourth-order valence-corrected chi connectivity index (χ4v) is 2.75. The van der Waals surface area contributed by atoms with Gasteiger partial charge in [0.25, 0.3) is 5.91 Å². The first-order chi connectivity index (χ1) is 11.5. The molecule has 0 aliphatic carbocycles. The van der Waals surface area contributed by atoms with Crippen molar-refractivity contribution in [1.82, 2.24) is 15.3 Å². The van der Waals surface area contributed by atoms with Gasteiger partial charge in [0.2, 0.25) is 5.91 Å². The Bertz CT molecular complexity index is 755. The molecular weight excluding hydrogens is 324 g/mol. The SMILES string of the molecule is CC[C@@H](C)c1csc(NC(=O)/C=C\c2cncc(C(=O)NC)c2)n1. The highest BCUT2D eigenvalue weighted by molar-refractivity contribution is 7.14. The number of pyridine rings is 1. The van der Waals surface area contributed by atoms with E-state index in [1.54, 1.807) is 25.4 Å². The van der Waals surface area contributed by atoms with Crippen LogP contribution in [0.1, 0.15) is 47.8 Å². The maximum Gasteiger partial charge on any atom is 0.252 e. The van der Waals surface area contributed by atoms with E-state index in [1.165, 1.54) is 23.6 Å². The molecule has 2 amide bonds. The standard InChI is InChI=1S/C17H20N4O2S/c1-4-11(2)14-10-24-17(20-14)21-15(22)6-5-12-7-13(9-19-8-12)16(23)18-3/h5-11H,4H2,1-3H3,(H,18,23)(H,20,21,22)/b6-5-/t11-/m1/s1. The van der Waals surface area contributed by atoms with E-state index in [0.717, 1.165) is 12.1 Å². The maximum atomic E-state index is 12.0. The number of amides is 2. The number of hydrogen-bond acceptors (Lipinski definition) is 5. The van der Waals surface area contributed by atoms with E-state index in [4.69, 9.17) is 0 Å². The molecule has 0 unspecified atom stereocenters. The van der Waals surface area contributed by atoms with Gasteiger partial charge < -0.3 is 5.32 Å². The lowest BCUT2D eigenvalue weighted by Gasteiger charge is -2.02. The van der Waals surface area contributed by atoms with Crippen LogP contribution >= 0.6 is 11.3 Å². The average molecular weight is 344 g/mol. The van der Waals surface area contributed by atoms with Gasteiger partial charge in [-0.3, -0.25) is 19.9 Å². The zero-order chi connectivity index (χ0) is 17.5. The van der Waals surface area contributed by atoms with Crippen molar-refractivity contribution in [3.63, 3.8) is 0 Å². The molecular formula is C17H20N4O2S. The number of nitrogens with zero attached hydrogens (tertiary/aromatic N) is 2. The monoisotopic (exact) mass is 344 g/mol. The molecule has 0 spiro atoms. The van der Waals surface area contributed by atoms with Crippen LogP contribution < -0.4 is 10.6 Å². The summed E-state index contributed by atoms with van der Waals surface area (Å²) >= 11 is 1.41.